The zero-order valence-electron chi connectivity index (χ0n) is 9.68. The maximum Gasteiger partial charge on any atom is 0.251 e. The van der Waals surface area contributed by atoms with Crippen LogP contribution in [-0.2, 0) is 6.54 Å². The molecule has 1 N–H and O–H groups in total. The molecular weight excluding hydrogens is 216 g/mol. The maximum absolute atomic E-state index is 11.8. The number of hydrogen-bond acceptors (Lipinski definition) is 3. The van der Waals surface area contributed by atoms with Gasteiger partial charge in [0, 0.05) is 18.2 Å². The van der Waals surface area contributed by atoms with E-state index in [-0.39, 0.29) is 5.91 Å². The number of nitrogens with zero attached hydrogens (tertiary/aromatic N) is 3. The van der Waals surface area contributed by atoms with E-state index in [1.54, 1.807) is 6.07 Å². The molecule has 0 saturated heterocycles. The number of carbonyl (C=O) groups excluding carboxylic acids is 1. The Morgan fingerprint density at radius 3 is 3.06 bits per heavy atom. The van der Waals surface area contributed by atoms with Crippen LogP contribution in [0.5, 0.6) is 0 Å². The van der Waals surface area contributed by atoms with Crippen LogP contribution in [0.2, 0.25) is 0 Å². The molecule has 0 unspecified atom stereocenters. The molecule has 17 heavy (non-hydrogen) atoms. The van der Waals surface area contributed by atoms with Crippen LogP contribution in [0.25, 0.3) is 11.0 Å². The van der Waals surface area contributed by atoms with Crippen molar-refractivity contribution in [1.29, 1.82) is 0 Å². The molecule has 1 aliphatic rings. The predicted molar refractivity (Wildman–Crippen MR) is 63.7 cm³/mol. The molecule has 1 amide bonds. The normalized spacial score (nSPS) is 15.1. The van der Waals surface area contributed by atoms with Gasteiger partial charge in [-0.15, -0.1) is 5.10 Å². The number of aryl methyl sites for hydroxylation is 1. The molecule has 88 valence electrons. The molecule has 5 nitrogen and oxygen atoms in total. The molecule has 0 radical (unpaired) electrons. The Morgan fingerprint density at radius 2 is 2.35 bits per heavy atom. The van der Waals surface area contributed by atoms with Gasteiger partial charge in [-0.25, -0.2) is 4.68 Å². The highest BCUT2D eigenvalue weighted by Gasteiger charge is 2.23. The lowest BCUT2D eigenvalue weighted by Gasteiger charge is -2.03. The van der Waals surface area contributed by atoms with Gasteiger partial charge in [0.05, 0.1) is 5.52 Å². The van der Waals surface area contributed by atoms with Crippen LogP contribution >= 0.6 is 0 Å². The molecule has 5 heteroatoms. The Morgan fingerprint density at radius 1 is 1.53 bits per heavy atom. The smallest absolute Gasteiger partial charge is 0.251 e. The van der Waals surface area contributed by atoms with E-state index in [1.807, 2.05) is 23.7 Å². The van der Waals surface area contributed by atoms with Crippen molar-refractivity contribution in [1.82, 2.24) is 20.3 Å². The molecule has 1 aliphatic carbocycles. The molecule has 0 aliphatic heterocycles. The Balaban J connectivity index is 1.92. The lowest BCUT2D eigenvalue weighted by molar-refractivity contribution is 0.0951. The van der Waals surface area contributed by atoms with E-state index < -0.39 is 0 Å². The second-order valence-corrected chi connectivity index (χ2v) is 4.36. The van der Waals surface area contributed by atoms with Gasteiger partial charge in [-0.2, -0.15) is 0 Å². The van der Waals surface area contributed by atoms with Crippen LogP contribution in [0, 0.1) is 0 Å². The van der Waals surface area contributed by atoms with E-state index in [1.165, 1.54) is 0 Å². The standard InChI is InChI=1S/C12H14N4O/c1-2-16-11-6-3-8(7-10(11)14-15-16)12(17)13-9-4-5-9/h3,6-7,9H,2,4-5H2,1H3,(H,13,17). The van der Waals surface area contributed by atoms with E-state index in [4.69, 9.17) is 0 Å². The van der Waals surface area contributed by atoms with Crippen LogP contribution < -0.4 is 5.32 Å². The molecule has 0 bridgehead atoms. The van der Waals surface area contributed by atoms with Crippen molar-refractivity contribution in [2.45, 2.75) is 32.4 Å². The highest BCUT2D eigenvalue weighted by Crippen LogP contribution is 2.20. The summed E-state index contributed by atoms with van der Waals surface area (Å²) in [7, 11) is 0. The Hall–Kier alpha value is -1.91. The lowest BCUT2D eigenvalue weighted by Crippen LogP contribution is -2.25. The average Bonchev–Trinajstić information content (AvgIpc) is 3.06. The third-order valence-corrected chi connectivity index (χ3v) is 2.99. The van der Waals surface area contributed by atoms with Crippen LogP contribution in [0.3, 0.4) is 0 Å². The van der Waals surface area contributed by atoms with Gasteiger partial charge in [-0.05, 0) is 38.0 Å². The van der Waals surface area contributed by atoms with Crippen molar-refractivity contribution >= 4 is 16.9 Å². The molecule has 1 heterocycles. The Kier molecular flexibility index (Phi) is 2.31. The van der Waals surface area contributed by atoms with Crippen molar-refractivity contribution in [3.05, 3.63) is 23.8 Å². The summed E-state index contributed by atoms with van der Waals surface area (Å²) < 4.78 is 1.82. The second kappa shape index (κ2) is 3.84. The summed E-state index contributed by atoms with van der Waals surface area (Å²) >= 11 is 0. The van der Waals surface area contributed by atoms with Crippen molar-refractivity contribution in [3.8, 4) is 0 Å². The number of amides is 1. The second-order valence-electron chi connectivity index (χ2n) is 4.36. The average molecular weight is 230 g/mol. The van der Waals surface area contributed by atoms with Crippen LogP contribution in [0.1, 0.15) is 30.1 Å². The minimum Gasteiger partial charge on any atom is -0.349 e. The van der Waals surface area contributed by atoms with Gasteiger partial charge < -0.3 is 5.32 Å². The summed E-state index contributed by atoms with van der Waals surface area (Å²) in [6.07, 6.45) is 2.19. The first-order chi connectivity index (χ1) is 8.28. The molecule has 1 saturated carbocycles. The molecule has 1 fully saturated rings. The number of rotatable bonds is 3. The predicted octanol–water partition coefficient (Wildman–Crippen LogP) is 1.34. The third-order valence-electron chi connectivity index (χ3n) is 2.99. The van der Waals surface area contributed by atoms with Gasteiger partial charge in [-0.1, -0.05) is 5.21 Å². The van der Waals surface area contributed by atoms with Gasteiger partial charge in [0.15, 0.2) is 0 Å². The minimum absolute atomic E-state index is 0.0135. The largest absolute Gasteiger partial charge is 0.349 e. The number of carbonyl (C=O) groups is 1. The van der Waals surface area contributed by atoms with Gasteiger partial charge in [0.2, 0.25) is 0 Å². The van der Waals surface area contributed by atoms with E-state index in [9.17, 15) is 4.79 Å². The third kappa shape index (κ3) is 1.88. The monoisotopic (exact) mass is 230 g/mol. The maximum atomic E-state index is 11.8. The molecule has 1 aromatic carbocycles. The van der Waals surface area contributed by atoms with Crippen LogP contribution in [0.15, 0.2) is 18.2 Å². The Labute approximate surface area is 98.8 Å². The van der Waals surface area contributed by atoms with E-state index in [2.05, 4.69) is 15.6 Å². The molecule has 0 atom stereocenters. The molecule has 1 aromatic heterocycles. The van der Waals surface area contributed by atoms with Crippen molar-refractivity contribution < 1.29 is 4.79 Å². The first-order valence-corrected chi connectivity index (χ1v) is 5.92. The van der Waals surface area contributed by atoms with Gasteiger partial charge in [-0.3, -0.25) is 4.79 Å². The SMILES string of the molecule is CCn1nnc2cc(C(=O)NC3CC3)ccc21. The molecule has 2 aromatic rings. The van der Waals surface area contributed by atoms with E-state index in [0.717, 1.165) is 30.4 Å². The van der Waals surface area contributed by atoms with Crippen molar-refractivity contribution in [2.24, 2.45) is 0 Å². The zero-order valence-corrected chi connectivity index (χ0v) is 9.68. The van der Waals surface area contributed by atoms with Crippen LogP contribution in [0.4, 0.5) is 0 Å². The summed E-state index contributed by atoms with van der Waals surface area (Å²) in [5.41, 5.74) is 2.40. The summed E-state index contributed by atoms with van der Waals surface area (Å²) in [5, 5.41) is 11.0. The molecule has 0 spiro atoms. The minimum atomic E-state index is -0.0135. The lowest BCUT2D eigenvalue weighted by atomic mass is 10.2. The van der Waals surface area contributed by atoms with Crippen LogP contribution in [-0.4, -0.2) is 26.9 Å². The summed E-state index contributed by atoms with van der Waals surface area (Å²) in [6, 6.07) is 5.91. The fourth-order valence-corrected chi connectivity index (χ4v) is 1.84. The van der Waals surface area contributed by atoms with Crippen molar-refractivity contribution in [2.75, 3.05) is 0 Å². The summed E-state index contributed by atoms with van der Waals surface area (Å²) in [5.74, 6) is -0.0135. The molecular formula is C12H14N4O. The number of aromatic nitrogens is 3. The Bertz CT molecular complexity index is 571. The first kappa shape index (κ1) is 10.3. The van der Waals surface area contributed by atoms with Gasteiger partial charge in [0.25, 0.3) is 5.91 Å². The highest BCUT2D eigenvalue weighted by atomic mass is 16.1. The number of fused-ring (bicyclic) bond motifs is 1. The van der Waals surface area contributed by atoms with Gasteiger partial charge in [0.1, 0.15) is 5.52 Å². The summed E-state index contributed by atoms with van der Waals surface area (Å²) in [6.45, 7) is 2.80. The molecule has 3 rings (SSSR count). The summed E-state index contributed by atoms with van der Waals surface area (Å²) in [4.78, 5) is 11.8. The van der Waals surface area contributed by atoms with Crippen molar-refractivity contribution in [3.63, 3.8) is 0 Å². The fraction of sp³-hybridized carbons (Fsp3) is 0.417. The quantitative estimate of drug-likeness (QED) is 0.865. The number of nitrogens with one attached hydrogen (secondary N) is 1. The van der Waals surface area contributed by atoms with Gasteiger partial charge >= 0.3 is 0 Å². The number of hydrogen-bond donors (Lipinski definition) is 1. The fourth-order valence-electron chi connectivity index (χ4n) is 1.84. The van der Waals surface area contributed by atoms with E-state index in [0.29, 0.717) is 11.6 Å². The highest BCUT2D eigenvalue weighted by molar-refractivity contribution is 5.97. The van der Waals surface area contributed by atoms with E-state index >= 15 is 0 Å². The number of benzene rings is 1. The zero-order chi connectivity index (χ0) is 11.8. The first-order valence-electron chi connectivity index (χ1n) is 5.92. The topological polar surface area (TPSA) is 59.8 Å².